The van der Waals surface area contributed by atoms with Gasteiger partial charge in [-0.15, -0.1) is 0 Å². The van der Waals surface area contributed by atoms with E-state index < -0.39 is 0 Å². The average molecular weight is 313 g/mol. The van der Waals surface area contributed by atoms with Crippen LogP contribution in [-0.4, -0.2) is 37.9 Å². The van der Waals surface area contributed by atoms with Gasteiger partial charge in [-0.2, -0.15) is 10.4 Å². The molecule has 0 saturated heterocycles. The van der Waals surface area contributed by atoms with Crippen molar-refractivity contribution in [1.29, 1.82) is 5.26 Å². The minimum Gasteiger partial charge on any atom is -0.394 e. The maximum Gasteiger partial charge on any atom is 0.0644 e. The monoisotopic (exact) mass is 313 g/mol. The van der Waals surface area contributed by atoms with Crippen LogP contribution in [0.15, 0.2) is 24.5 Å². The molecule has 0 unspecified atom stereocenters. The Hall–Kier alpha value is -2.23. The molecule has 6 heteroatoms. The molecule has 2 heterocycles. The van der Waals surface area contributed by atoms with E-state index in [1.807, 2.05) is 36.9 Å². The number of hydrogen-bond acceptors (Lipinski definition) is 5. The molecule has 0 bridgehead atoms. The molecule has 0 radical (unpaired) electrons. The van der Waals surface area contributed by atoms with E-state index >= 15 is 0 Å². The van der Waals surface area contributed by atoms with Crippen LogP contribution < -0.4 is 0 Å². The van der Waals surface area contributed by atoms with Gasteiger partial charge in [0.15, 0.2) is 0 Å². The summed E-state index contributed by atoms with van der Waals surface area (Å²) in [6, 6.07) is 6.18. The number of hydrogen-bond donors (Lipinski definition) is 1. The minimum absolute atomic E-state index is 0.0786. The molecule has 0 aliphatic heterocycles. The summed E-state index contributed by atoms with van der Waals surface area (Å²) in [6.45, 7) is 6.79. The van der Waals surface area contributed by atoms with Crippen molar-refractivity contribution in [2.75, 3.05) is 13.2 Å². The maximum atomic E-state index is 9.12. The van der Waals surface area contributed by atoms with E-state index in [9.17, 15) is 0 Å². The second kappa shape index (κ2) is 8.42. The maximum absolute atomic E-state index is 9.12. The summed E-state index contributed by atoms with van der Waals surface area (Å²) in [5.41, 5.74) is 4.34. The highest BCUT2D eigenvalue weighted by molar-refractivity contribution is 5.24. The van der Waals surface area contributed by atoms with Crippen molar-refractivity contribution in [3.63, 3.8) is 0 Å². The van der Waals surface area contributed by atoms with Crippen molar-refractivity contribution in [2.45, 2.75) is 39.9 Å². The Morgan fingerprint density at radius 2 is 2.17 bits per heavy atom. The van der Waals surface area contributed by atoms with Gasteiger partial charge in [0.1, 0.15) is 0 Å². The van der Waals surface area contributed by atoms with Crippen LogP contribution in [0.25, 0.3) is 0 Å². The molecule has 0 spiro atoms. The molecular weight excluding hydrogens is 290 g/mol. The molecule has 122 valence electrons. The number of aromatic nitrogens is 3. The first-order valence-corrected chi connectivity index (χ1v) is 7.77. The lowest BCUT2D eigenvalue weighted by molar-refractivity contribution is 0.259. The van der Waals surface area contributed by atoms with Crippen LogP contribution in [-0.2, 0) is 19.6 Å². The molecule has 0 aromatic carbocycles. The van der Waals surface area contributed by atoms with E-state index in [-0.39, 0.29) is 6.61 Å². The van der Waals surface area contributed by atoms with E-state index in [0.29, 0.717) is 19.5 Å². The van der Waals surface area contributed by atoms with Gasteiger partial charge in [-0.3, -0.25) is 14.6 Å². The fraction of sp³-hybridized carbons (Fsp3) is 0.471. The van der Waals surface area contributed by atoms with E-state index in [1.54, 1.807) is 6.20 Å². The lowest BCUT2D eigenvalue weighted by atomic mass is 10.1. The third-order valence-corrected chi connectivity index (χ3v) is 3.89. The Kier molecular flexibility index (Phi) is 6.27. The van der Waals surface area contributed by atoms with Gasteiger partial charge in [0, 0.05) is 49.7 Å². The predicted molar refractivity (Wildman–Crippen MR) is 87.4 cm³/mol. The zero-order valence-corrected chi connectivity index (χ0v) is 13.7. The Labute approximate surface area is 137 Å². The summed E-state index contributed by atoms with van der Waals surface area (Å²) in [5, 5.41) is 22.5. The van der Waals surface area contributed by atoms with Gasteiger partial charge in [0.2, 0.25) is 0 Å². The van der Waals surface area contributed by atoms with Gasteiger partial charge in [0.05, 0.1) is 24.9 Å². The Bertz CT molecular complexity index is 660. The number of aliphatic hydroxyl groups is 1. The molecule has 0 fully saturated rings. The number of rotatable bonds is 8. The first kappa shape index (κ1) is 17.1. The van der Waals surface area contributed by atoms with E-state index in [0.717, 1.165) is 30.0 Å². The number of aryl methyl sites for hydroxylation is 1. The van der Waals surface area contributed by atoms with Crippen LogP contribution in [0.1, 0.15) is 28.9 Å². The highest BCUT2D eigenvalue weighted by Gasteiger charge is 2.15. The lowest BCUT2D eigenvalue weighted by Gasteiger charge is -2.21. The molecule has 23 heavy (non-hydrogen) atoms. The van der Waals surface area contributed by atoms with Gasteiger partial charge >= 0.3 is 0 Å². The first-order valence-electron chi connectivity index (χ1n) is 7.77. The normalized spacial score (nSPS) is 10.9. The molecule has 2 aromatic rings. The molecule has 0 amide bonds. The number of nitriles is 1. The fourth-order valence-corrected chi connectivity index (χ4v) is 2.67. The summed E-state index contributed by atoms with van der Waals surface area (Å²) in [6.07, 6.45) is 4.10. The van der Waals surface area contributed by atoms with Crippen LogP contribution in [0.4, 0.5) is 0 Å². The lowest BCUT2D eigenvalue weighted by Crippen LogP contribution is -2.24. The van der Waals surface area contributed by atoms with Crippen LogP contribution in [0.3, 0.4) is 0 Å². The molecule has 1 N–H and O–H groups in total. The molecule has 2 rings (SSSR count). The summed E-state index contributed by atoms with van der Waals surface area (Å²) < 4.78 is 1.84. The Morgan fingerprint density at radius 1 is 1.35 bits per heavy atom. The second-order valence-electron chi connectivity index (χ2n) is 5.58. The van der Waals surface area contributed by atoms with Gasteiger partial charge in [-0.05, 0) is 25.5 Å². The molecule has 0 saturated carbocycles. The van der Waals surface area contributed by atoms with Gasteiger partial charge in [-0.25, -0.2) is 0 Å². The number of aliphatic hydroxyl groups excluding tert-OH is 1. The van der Waals surface area contributed by atoms with Crippen molar-refractivity contribution in [1.82, 2.24) is 19.7 Å². The third kappa shape index (κ3) is 4.62. The van der Waals surface area contributed by atoms with Crippen molar-refractivity contribution >= 4 is 0 Å². The summed E-state index contributed by atoms with van der Waals surface area (Å²) in [5.74, 6) is 0. The van der Waals surface area contributed by atoms with Crippen molar-refractivity contribution < 1.29 is 5.11 Å². The fourth-order valence-electron chi connectivity index (χ4n) is 2.67. The molecule has 6 nitrogen and oxygen atoms in total. The van der Waals surface area contributed by atoms with Gasteiger partial charge in [0.25, 0.3) is 0 Å². The summed E-state index contributed by atoms with van der Waals surface area (Å²) >= 11 is 0. The summed E-state index contributed by atoms with van der Waals surface area (Å²) in [7, 11) is 0. The van der Waals surface area contributed by atoms with Crippen molar-refractivity contribution in [3.8, 4) is 6.07 Å². The van der Waals surface area contributed by atoms with Gasteiger partial charge in [-0.1, -0.05) is 6.07 Å². The van der Waals surface area contributed by atoms with Crippen LogP contribution in [0.5, 0.6) is 0 Å². The largest absolute Gasteiger partial charge is 0.394 e. The van der Waals surface area contributed by atoms with Crippen LogP contribution >= 0.6 is 0 Å². The summed E-state index contributed by atoms with van der Waals surface area (Å²) in [4.78, 5) is 6.39. The third-order valence-electron chi connectivity index (χ3n) is 3.89. The average Bonchev–Trinajstić information content (AvgIpc) is 2.81. The molecule has 0 atom stereocenters. The number of pyridine rings is 1. The van der Waals surface area contributed by atoms with Crippen molar-refractivity contribution in [3.05, 3.63) is 47.0 Å². The first-order chi connectivity index (χ1) is 11.2. The molecule has 2 aromatic heterocycles. The number of nitrogens with zero attached hydrogens (tertiary/aromatic N) is 5. The Morgan fingerprint density at radius 3 is 2.83 bits per heavy atom. The SMILES string of the molecule is Cc1nn(CCO)c(C)c1CN(CCC#N)Cc1cccnc1. The predicted octanol–water partition coefficient (Wildman–Crippen LogP) is 1.80. The zero-order valence-electron chi connectivity index (χ0n) is 13.7. The van der Waals surface area contributed by atoms with Gasteiger partial charge < -0.3 is 5.11 Å². The van der Waals surface area contributed by atoms with Crippen LogP contribution in [0, 0.1) is 25.2 Å². The van der Waals surface area contributed by atoms with E-state index in [1.165, 1.54) is 5.56 Å². The quantitative estimate of drug-likeness (QED) is 0.804. The minimum atomic E-state index is 0.0786. The molecule has 0 aliphatic carbocycles. The van der Waals surface area contributed by atoms with E-state index in [2.05, 4.69) is 21.1 Å². The topological polar surface area (TPSA) is 78.0 Å². The van der Waals surface area contributed by atoms with Crippen LogP contribution in [0.2, 0.25) is 0 Å². The highest BCUT2D eigenvalue weighted by atomic mass is 16.3. The second-order valence-corrected chi connectivity index (χ2v) is 5.58. The Balaban J connectivity index is 2.16. The smallest absolute Gasteiger partial charge is 0.0644 e. The standard InChI is InChI=1S/C17H23N5O/c1-14-17(15(2)22(20-14)9-10-23)13-21(8-4-6-18)12-16-5-3-7-19-11-16/h3,5,7,11,23H,4,8-10,12-13H2,1-2H3. The highest BCUT2D eigenvalue weighted by Crippen LogP contribution is 2.17. The van der Waals surface area contributed by atoms with E-state index in [4.69, 9.17) is 10.4 Å². The zero-order chi connectivity index (χ0) is 16.7. The molecule has 0 aliphatic rings. The molecular formula is C17H23N5O. The van der Waals surface area contributed by atoms with Crippen molar-refractivity contribution in [2.24, 2.45) is 0 Å².